The van der Waals surface area contributed by atoms with Crippen molar-refractivity contribution in [3.05, 3.63) is 58.2 Å². The third-order valence-corrected chi connectivity index (χ3v) is 5.57. The average molecular weight is 401 g/mol. The van der Waals surface area contributed by atoms with Gasteiger partial charge in [-0.1, -0.05) is 30.7 Å². The first-order valence-electron chi connectivity index (χ1n) is 9.44. The van der Waals surface area contributed by atoms with Crippen LogP contribution in [-0.4, -0.2) is 34.8 Å². The van der Waals surface area contributed by atoms with Crippen molar-refractivity contribution in [3.63, 3.8) is 0 Å². The number of carbonyl (C=O) groups is 2. The molecule has 0 bridgehead atoms. The summed E-state index contributed by atoms with van der Waals surface area (Å²) in [6, 6.07) is 11.1. The first-order valence-corrected chi connectivity index (χ1v) is 9.82. The zero-order valence-corrected chi connectivity index (χ0v) is 16.7. The number of primary amides is 1. The van der Waals surface area contributed by atoms with Crippen LogP contribution in [0.1, 0.15) is 47.3 Å². The van der Waals surface area contributed by atoms with Crippen LogP contribution in [-0.2, 0) is 11.2 Å². The van der Waals surface area contributed by atoms with Gasteiger partial charge in [0.15, 0.2) is 0 Å². The quantitative estimate of drug-likeness (QED) is 0.805. The second kappa shape index (κ2) is 8.61. The number of aromatic nitrogens is 1. The number of nitrogen functional groups attached to an aromatic ring is 1. The number of likely N-dealkylation sites (tertiary alicyclic amines) is 1. The minimum absolute atomic E-state index is 0.0821. The number of anilines is 1. The Hall–Kier alpha value is -2.60. The van der Waals surface area contributed by atoms with E-state index >= 15 is 0 Å². The van der Waals surface area contributed by atoms with Crippen LogP contribution in [0.25, 0.3) is 0 Å². The van der Waals surface area contributed by atoms with Gasteiger partial charge in [0.25, 0.3) is 5.91 Å². The molecule has 1 aliphatic heterocycles. The van der Waals surface area contributed by atoms with Gasteiger partial charge in [-0.2, -0.15) is 0 Å². The minimum atomic E-state index is -0.577. The van der Waals surface area contributed by atoms with Crippen molar-refractivity contribution in [2.24, 2.45) is 11.7 Å². The molecule has 0 saturated carbocycles. The maximum Gasteiger partial charge on any atom is 0.252 e. The first-order chi connectivity index (χ1) is 13.3. The molecule has 0 spiro atoms. The van der Waals surface area contributed by atoms with Gasteiger partial charge < -0.3 is 16.4 Å². The number of halogens is 1. The number of piperidine rings is 1. The molecule has 1 fully saturated rings. The molecule has 0 unspecified atom stereocenters. The predicted octanol–water partition coefficient (Wildman–Crippen LogP) is 3.00. The van der Waals surface area contributed by atoms with E-state index in [0.717, 1.165) is 24.1 Å². The SMILES string of the molecule is C[C@H](Cc1ccc(Cl)cc1)C(=O)N1CCC(c2ccc(C(N)=O)c(N)n2)CC1. The van der Waals surface area contributed by atoms with Gasteiger partial charge in [-0.3, -0.25) is 9.59 Å². The summed E-state index contributed by atoms with van der Waals surface area (Å²) in [5.74, 6) is -0.0992. The van der Waals surface area contributed by atoms with E-state index in [9.17, 15) is 9.59 Å². The van der Waals surface area contributed by atoms with E-state index in [1.807, 2.05) is 42.2 Å². The molecule has 1 atom stereocenters. The minimum Gasteiger partial charge on any atom is -0.383 e. The van der Waals surface area contributed by atoms with E-state index in [0.29, 0.717) is 24.5 Å². The third-order valence-electron chi connectivity index (χ3n) is 5.31. The molecular formula is C21H25ClN4O2. The van der Waals surface area contributed by atoms with Gasteiger partial charge in [0.1, 0.15) is 5.82 Å². The monoisotopic (exact) mass is 400 g/mol. The van der Waals surface area contributed by atoms with Crippen LogP contribution in [0, 0.1) is 5.92 Å². The Labute approximate surface area is 169 Å². The Morgan fingerprint density at radius 2 is 1.82 bits per heavy atom. The number of benzene rings is 1. The zero-order chi connectivity index (χ0) is 20.3. The Morgan fingerprint density at radius 3 is 2.39 bits per heavy atom. The predicted molar refractivity (Wildman–Crippen MR) is 110 cm³/mol. The van der Waals surface area contributed by atoms with Crippen molar-refractivity contribution in [1.82, 2.24) is 9.88 Å². The summed E-state index contributed by atoms with van der Waals surface area (Å²) in [7, 11) is 0. The van der Waals surface area contributed by atoms with E-state index in [2.05, 4.69) is 4.98 Å². The van der Waals surface area contributed by atoms with Crippen LogP contribution in [0.3, 0.4) is 0 Å². The molecule has 28 heavy (non-hydrogen) atoms. The second-order valence-corrected chi connectivity index (χ2v) is 7.80. The molecule has 2 amide bonds. The molecule has 7 heteroatoms. The van der Waals surface area contributed by atoms with Crippen LogP contribution in [0.2, 0.25) is 5.02 Å². The van der Waals surface area contributed by atoms with E-state index in [4.69, 9.17) is 23.1 Å². The Morgan fingerprint density at radius 1 is 1.18 bits per heavy atom. The highest BCUT2D eigenvalue weighted by Gasteiger charge is 2.27. The molecule has 0 radical (unpaired) electrons. The summed E-state index contributed by atoms with van der Waals surface area (Å²) in [5.41, 5.74) is 13.3. The molecule has 4 N–H and O–H groups in total. The molecule has 1 saturated heterocycles. The number of nitrogens with two attached hydrogens (primary N) is 2. The molecule has 3 rings (SSSR count). The van der Waals surface area contributed by atoms with Crippen molar-refractivity contribution in [2.75, 3.05) is 18.8 Å². The van der Waals surface area contributed by atoms with Crippen LogP contribution >= 0.6 is 11.6 Å². The standard InChI is InChI=1S/C21H25ClN4O2/c1-13(12-14-2-4-16(22)5-3-14)21(28)26-10-8-15(9-11-26)18-7-6-17(20(24)27)19(23)25-18/h2-7,13,15H,8-12H2,1H3,(H2,23,25)(H2,24,27)/t13-/m1/s1. The Balaban J connectivity index is 1.57. The van der Waals surface area contributed by atoms with Crippen LogP contribution in [0.15, 0.2) is 36.4 Å². The van der Waals surface area contributed by atoms with Gasteiger partial charge in [-0.05, 0) is 49.1 Å². The normalized spacial score (nSPS) is 16.0. The van der Waals surface area contributed by atoms with E-state index in [-0.39, 0.29) is 29.1 Å². The van der Waals surface area contributed by atoms with Crippen molar-refractivity contribution < 1.29 is 9.59 Å². The molecule has 2 aromatic rings. The maximum absolute atomic E-state index is 12.8. The fourth-order valence-electron chi connectivity index (χ4n) is 3.70. The zero-order valence-electron chi connectivity index (χ0n) is 15.9. The summed E-state index contributed by atoms with van der Waals surface area (Å²) in [4.78, 5) is 30.4. The van der Waals surface area contributed by atoms with Gasteiger partial charge in [0.2, 0.25) is 5.91 Å². The van der Waals surface area contributed by atoms with Gasteiger partial charge >= 0.3 is 0 Å². The summed E-state index contributed by atoms with van der Waals surface area (Å²) < 4.78 is 0. The third kappa shape index (κ3) is 4.62. The highest BCUT2D eigenvalue weighted by atomic mass is 35.5. The lowest BCUT2D eigenvalue weighted by Crippen LogP contribution is -2.41. The molecule has 1 aromatic carbocycles. The average Bonchev–Trinajstić information content (AvgIpc) is 2.69. The topological polar surface area (TPSA) is 102 Å². The van der Waals surface area contributed by atoms with Gasteiger partial charge in [0, 0.05) is 35.6 Å². The highest BCUT2D eigenvalue weighted by molar-refractivity contribution is 6.30. The van der Waals surface area contributed by atoms with E-state index in [1.54, 1.807) is 6.07 Å². The van der Waals surface area contributed by atoms with Gasteiger partial charge in [-0.25, -0.2) is 4.98 Å². The van der Waals surface area contributed by atoms with Crippen LogP contribution < -0.4 is 11.5 Å². The van der Waals surface area contributed by atoms with Crippen LogP contribution in [0.5, 0.6) is 0 Å². The van der Waals surface area contributed by atoms with Gasteiger partial charge in [0.05, 0.1) is 5.56 Å². The number of hydrogen-bond acceptors (Lipinski definition) is 4. The number of carbonyl (C=O) groups excluding carboxylic acids is 2. The number of rotatable bonds is 5. The Bertz CT molecular complexity index is 861. The molecule has 1 aromatic heterocycles. The number of nitrogens with zero attached hydrogens (tertiary/aromatic N) is 2. The van der Waals surface area contributed by atoms with Crippen molar-refractivity contribution in [2.45, 2.75) is 32.1 Å². The number of hydrogen-bond donors (Lipinski definition) is 2. The molecule has 2 heterocycles. The molecule has 148 valence electrons. The van der Waals surface area contributed by atoms with E-state index < -0.39 is 5.91 Å². The summed E-state index contributed by atoms with van der Waals surface area (Å²) >= 11 is 5.92. The van der Waals surface area contributed by atoms with Crippen LogP contribution in [0.4, 0.5) is 5.82 Å². The largest absolute Gasteiger partial charge is 0.383 e. The molecular weight excluding hydrogens is 376 g/mol. The smallest absolute Gasteiger partial charge is 0.252 e. The lowest BCUT2D eigenvalue weighted by molar-refractivity contribution is -0.136. The van der Waals surface area contributed by atoms with Crippen molar-refractivity contribution >= 4 is 29.2 Å². The van der Waals surface area contributed by atoms with Gasteiger partial charge in [-0.15, -0.1) is 0 Å². The fraction of sp³-hybridized carbons (Fsp3) is 0.381. The lowest BCUT2D eigenvalue weighted by atomic mass is 9.91. The second-order valence-electron chi connectivity index (χ2n) is 7.36. The molecule has 1 aliphatic rings. The highest BCUT2D eigenvalue weighted by Crippen LogP contribution is 2.29. The summed E-state index contributed by atoms with van der Waals surface area (Å²) in [5, 5.41) is 0.697. The number of amides is 2. The van der Waals surface area contributed by atoms with Crippen molar-refractivity contribution in [1.29, 1.82) is 0 Å². The summed E-state index contributed by atoms with van der Waals surface area (Å²) in [6.45, 7) is 3.34. The molecule has 6 nitrogen and oxygen atoms in total. The fourth-order valence-corrected chi connectivity index (χ4v) is 3.82. The van der Waals surface area contributed by atoms with E-state index in [1.165, 1.54) is 0 Å². The molecule has 0 aliphatic carbocycles. The summed E-state index contributed by atoms with van der Waals surface area (Å²) in [6.07, 6.45) is 2.34. The maximum atomic E-state index is 12.8. The Kier molecular flexibility index (Phi) is 6.19. The lowest BCUT2D eigenvalue weighted by Gasteiger charge is -2.33. The first kappa shape index (κ1) is 20.1. The van der Waals surface area contributed by atoms with Crippen molar-refractivity contribution in [3.8, 4) is 0 Å². The number of pyridine rings is 1.